The zero-order valence-corrected chi connectivity index (χ0v) is 15.9. The van der Waals surface area contributed by atoms with Gasteiger partial charge in [-0.2, -0.15) is 0 Å². The first-order valence-corrected chi connectivity index (χ1v) is 9.10. The summed E-state index contributed by atoms with van der Waals surface area (Å²) in [5.41, 5.74) is 1.59. The number of nitrogens with one attached hydrogen (secondary N) is 1. The van der Waals surface area contributed by atoms with Crippen LogP contribution in [0, 0.1) is 12.7 Å². The fourth-order valence-corrected chi connectivity index (χ4v) is 3.18. The first-order chi connectivity index (χ1) is 13.0. The molecule has 0 aliphatic carbocycles. The molecule has 1 aromatic heterocycles. The maximum atomic E-state index is 14.3. The maximum absolute atomic E-state index is 14.3. The van der Waals surface area contributed by atoms with Crippen LogP contribution in [-0.4, -0.2) is 17.1 Å². The lowest BCUT2D eigenvalue weighted by molar-refractivity contribution is 0.0937. The second-order valence-corrected chi connectivity index (χ2v) is 6.87. The number of halogens is 2. The predicted octanol–water partition coefficient (Wildman–Crippen LogP) is 5.19. The van der Waals surface area contributed by atoms with Crippen LogP contribution in [0.4, 0.5) is 4.39 Å². The van der Waals surface area contributed by atoms with E-state index >= 15 is 0 Å². The molecule has 6 heteroatoms. The molecule has 0 radical (unpaired) electrons. The van der Waals surface area contributed by atoms with Gasteiger partial charge in [0.15, 0.2) is 0 Å². The number of carbonyl (C=O) groups is 1. The molecule has 0 aliphatic heterocycles. The van der Waals surface area contributed by atoms with Crippen molar-refractivity contribution in [2.45, 2.75) is 32.7 Å². The minimum Gasteiger partial charge on any atom is -0.360 e. The summed E-state index contributed by atoms with van der Waals surface area (Å²) in [4.78, 5) is 12.8. The summed E-state index contributed by atoms with van der Waals surface area (Å²) in [5.74, 6) is -0.595. The number of hydrogen-bond donors (Lipinski definition) is 1. The van der Waals surface area contributed by atoms with Gasteiger partial charge in [-0.3, -0.25) is 4.79 Å². The quantitative estimate of drug-likeness (QED) is 0.634. The van der Waals surface area contributed by atoms with Gasteiger partial charge in [0.05, 0.1) is 10.6 Å². The topological polar surface area (TPSA) is 55.1 Å². The molecule has 1 atom stereocenters. The van der Waals surface area contributed by atoms with Crippen LogP contribution in [0.25, 0.3) is 11.3 Å². The fraction of sp³-hybridized carbons (Fsp3) is 0.238. The van der Waals surface area contributed by atoms with E-state index in [9.17, 15) is 9.18 Å². The van der Waals surface area contributed by atoms with Crippen molar-refractivity contribution >= 4 is 17.5 Å². The Morgan fingerprint density at radius 2 is 1.96 bits per heavy atom. The second-order valence-electron chi connectivity index (χ2n) is 6.46. The average molecular weight is 387 g/mol. The van der Waals surface area contributed by atoms with Crippen molar-refractivity contribution in [3.8, 4) is 11.3 Å². The highest BCUT2D eigenvalue weighted by Crippen LogP contribution is 2.33. The van der Waals surface area contributed by atoms with Crippen molar-refractivity contribution in [1.29, 1.82) is 0 Å². The lowest BCUT2D eigenvalue weighted by atomic mass is 10.0. The molecule has 1 unspecified atom stereocenters. The Morgan fingerprint density at radius 1 is 1.22 bits per heavy atom. The van der Waals surface area contributed by atoms with Gasteiger partial charge in [0.2, 0.25) is 0 Å². The number of hydrogen-bond acceptors (Lipinski definition) is 3. The normalized spacial score (nSPS) is 12.0. The van der Waals surface area contributed by atoms with Crippen LogP contribution in [0.3, 0.4) is 0 Å². The number of amides is 1. The highest BCUT2D eigenvalue weighted by atomic mass is 35.5. The van der Waals surface area contributed by atoms with Gasteiger partial charge in [0.1, 0.15) is 22.8 Å². The van der Waals surface area contributed by atoms with Crippen LogP contribution in [-0.2, 0) is 6.42 Å². The summed E-state index contributed by atoms with van der Waals surface area (Å²) in [5, 5.41) is 6.98. The first kappa shape index (κ1) is 19.1. The third-order valence-electron chi connectivity index (χ3n) is 4.38. The fourth-order valence-electron chi connectivity index (χ4n) is 2.93. The van der Waals surface area contributed by atoms with E-state index in [1.54, 1.807) is 13.0 Å². The highest BCUT2D eigenvalue weighted by Gasteiger charge is 2.26. The summed E-state index contributed by atoms with van der Waals surface area (Å²) in [6, 6.07) is 14.3. The van der Waals surface area contributed by atoms with Crippen molar-refractivity contribution in [2.24, 2.45) is 0 Å². The van der Waals surface area contributed by atoms with E-state index in [1.165, 1.54) is 17.7 Å². The molecule has 1 heterocycles. The molecule has 0 spiro atoms. The molecule has 1 amide bonds. The van der Waals surface area contributed by atoms with Gasteiger partial charge in [-0.15, -0.1) is 0 Å². The molecule has 27 heavy (non-hydrogen) atoms. The number of nitrogens with zero attached hydrogens (tertiary/aromatic N) is 1. The first-order valence-electron chi connectivity index (χ1n) is 8.72. The van der Waals surface area contributed by atoms with Crippen LogP contribution < -0.4 is 5.32 Å². The summed E-state index contributed by atoms with van der Waals surface area (Å²) in [6.07, 6.45) is 1.62. The molecular weight excluding hydrogens is 367 g/mol. The average Bonchev–Trinajstić information content (AvgIpc) is 3.02. The van der Waals surface area contributed by atoms with Gasteiger partial charge in [0, 0.05) is 6.04 Å². The predicted molar refractivity (Wildman–Crippen MR) is 103 cm³/mol. The van der Waals surface area contributed by atoms with Crippen molar-refractivity contribution < 1.29 is 13.7 Å². The van der Waals surface area contributed by atoms with Gasteiger partial charge in [0.25, 0.3) is 5.91 Å². The minimum atomic E-state index is -0.554. The lowest BCUT2D eigenvalue weighted by Crippen LogP contribution is -2.33. The van der Waals surface area contributed by atoms with Crippen molar-refractivity contribution in [3.05, 3.63) is 76.3 Å². The van der Waals surface area contributed by atoms with Gasteiger partial charge in [-0.25, -0.2) is 4.39 Å². The van der Waals surface area contributed by atoms with E-state index in [4.69, 9.17) is 16.1 Å². The van der Waals surface area contributed by atoms with E-state index in [2.05, 4.69) is 22.6 Å². The summed E-state index contributed by atoms with van der Waals surface area (Å²) in [6.45, 7) is 3.55. The zero-order valence-electron chi connectivity index (χ0n) is 15.1. The Bertz CT molecular complexity index is 920. The number of aryl methyl sites for hydroxylation is 2. The summed E-state index contributed by atoms with van der Waals surface area (Å²) < 4.78 is 19.4. The largest absolute Gasteiger partial charge is 0.360 e. The van der Waals surface area contributed by atoms with Crippen LogP contribution >= 0.6 is 11.6 Å². The molecular formula is C21H20ClFN2O2. The molecule has 3 rings (SSSR count). The molecule has 0 fully saturated rings. The Kier molecular flexibility index (Phi) is 5.91. The smallest absolute Gasteiger partial charge is 0.257 e. The van der Waals surface area contributed by atoms with Crippen molar-refractivity contribution in [3.63, 3.8) is 0 Å². The van der Waals surface area contributed by atoms with Gasteiger partial charge < -0.3 is 9.84 Å². The zero-order chi connectivity index (χ0) is 19.4. The van der Waals surface area contributed by atoms with E-state index in [1.807, 2.05) is 25.1 Å². The standard InChI is InChI=1S/C21H20ClFN2O2/c1-13(11-12-15-7-4-3-5-8-15)24-21(26)18-14(2)27-25-20(18)19-16(22)9-6-10-17(19)23/h3-10,13H,11-12H2,1-2H3,(H,24,26). The Morgan fingerprint density at radius 3 is 2.67 bits per heavy atom. The number of aromatic nitrogens is 1. The van der Waals surface area contributed by atoms with Gasteiger partial charge >= 0.3 is 0 Å². The summed E-state index contributed by atoms with van der Waals surface area (Å²) in [7, 11) is 0. The number of rotatable bonds is 6. The van der Waals surface area contributed by atoms with Crippen LogP contribution in [0.1, 0.15) is 35.0 Å². The Labute approximate surface area is 162 Å². The molecule has 2 aromatic carbocycles. The molecule has 3 aromatic rings. The SMILES string of the molecule is Cc1onc(-c2c(F)cccc2Cl)c1C(=O)NC(C)CCc1ccccc1. The number of benzene rings is 2. The second kappa shape index (κ2) is 8.35. The Hall–Kier alpha value is -2.66. The minimum absolute atomic E-state index is 0.0677. The highest BCUT2D eigenvalue weighted by molar-refractivity contribution is 6.33. The van der Waals surface area contributed by atoms with E-state index in [-0.39, 0.29) is 33.8 Å². The van der Waals surface area contributed by atoms with Gasteiger partial charge in [-0.05, 0) is 44.4 Å². The van der Waals surface area contributed by atoms with E-state index in [0.717, 1.165) is 12.8 Å². The molecule has 0 aliphatic rings. The monoisotopic (exact) mass is 386 g/mol. The third kappa shape index (κ3) is 4.37. The molecule has 4 nitrogen and oxygen atoms in total. The van der Waals surface area contributed by atoms with Gasteiger partial charge in [-0.1, -0.05) is 53.2 Å². The molecule has 0 bridgehead atoms. The van der Waals surface area contributed by atoms with Crippen LogP contribution in [0.15, 0.2) is 53.1 Å². The maximum Gasteiger partial charge on any atom is 0.257 e. The van der Waals surface area contributed by atoms with E-state index < -0.39 is 5.82 Å². The number of carbonyl (C=O) groups excluding carboxylic acids is 1. The van der Waals surface area contributed by atoms with Crippen molar-refractivity contribution in [2.75, 3.05) is 0 Å². The van der Waals surface area contributed by atoms with Crippen LogP contribution in [0.5, 0.6) is 0 Å². The molecule has 140 valence electrons. The van der Waals surface area contributed by atoms with Crippen molar-refractivity contribution in [1.82, 2.24) is 10.5 Å². The van der Waals surface area contributed by atoms with Crippen LogP contribution in [0.2, 0.25) is 5.02 Å². The Balaban J connectivity index is 1.76. The molecule has 1 N–H and O–H groups in total. The molecule has 0 saturated heterocycles. The lowest BCUT2D eigenvalue weighted by Gasteiger charge is -2.14. The summed E-state index contributed by atoms with van der Waals surface area (Å²) >= 11 is 6.12. The molecule has 0 saturated carbocycles. The third-order valence-corrected chi connectivity index (χ3v) is 4.69. The van der Waals surface area contributed by atoms with E-state index in [0.29, 0.717) is 5.76 Å².